The lowest BCUT2D eigenvalue weighted by Crippen LogP contribution is -2.46. The topological polar surface area (TPSA) is 83.8 Å². The maximum Gasteiger partial charge on any atom is 0.390 e. The molecule has 0 fully saturated rings. The highest BCUT2D eigenvalue weighted by Crippen LogP contribution is 2.62. The number of carbonyl (C=O) groups is 1. The van der Waals surface area contributed by atoms with Crippen molar-refractivity contribution in [2.45, 2.75) is 30.4 Å². The summed E-state index contributed by atoms with van der Waals surface area (Å²) in [7, 11) is -5.35. The van der Waals surface area contributed by atoms with Crippen molar-refractivity contribution >= 4 is 13.6 Å². The Balaban J connectivity index is 5.92. The molecule has 0 heterocycles. The normalized spacial score (nSPS) is 17.1. The molecular formula is C7H9F6O5P. The molecule has 12 heteroatoms. The first-order chi connectivity index (χ1) is 8.17. The minimum atomic E-state index is -5.70. The number of alkyl halides is 6. The monoisotopic (exact) mass is 318 g/mol. The van der Waals surface area contributed by atoms with Crippen molar-refractivity contribution in [1.29, 1.82) is 0 Å². The van der Waals surface area contributed by atoms with Gasteiger partial charge < -0.3 is 14.5 Å². The van der Waals surface area contributed by atoms with E-state index in [-0.39, 0.29) is 0 Å². The minimum Gasteiger partial charge on any atom is -0.480 e. The van der Waals surface area contributed by atoms with Gasteiger partial charge in [-0.05, 0) is 0 Å². The molecule has 1 unspecified atom stereocenters. The molecule has 19 heavy (non-hydrogen) atoms. The summed E-state index contributed by atoms with van der Waals surface area (Å²) in [4.78, 5) is 19.9. The van der Waals surface area contributed by atoms with Gasteiger partial charge in [-0.15, -0.1) is 0 Å². The van der Waals surface area contributed by atoms with Gasteiger partial charge in [0.1, 0.15) is 0 Å². The zero-order valence-corrected chi connectivity index (χ0v) is 10.1. The molecule has 0 rings (SSSR count). The van der Waals surface area contributed by atoms with Crippen LogP contribution in [0.1, 0.15) is 12.8 Å². The highest BCUT2D eigenvalue weighted by atomic mass is 31.2. The van der Waals surface area contributed by atoms with Crippen molar-refractivity contribution in [1.82, 2.24) is 0 Å². The molecule has 0 aliphatic carbocycles. The van der Waals surface area contributed by atoms with Crippen molar-refractivity contribution in [3.8, 4) is 0 Å². The summed E-state index contributed by atoms with van der Waals surface area (Å²) in [5.74, 6) is -2.71. The number of carboxylic acids is 1. The molecule has 0 saturated heterocycles. The fourth-order valence-electron chi connectivity index (χ4n) is 1.37. The number of halogens is 6. The predicted molar refractivity (Wildman–Crippen MR) is 48.5 cm³/mol. The molecule has 0 aromatic carbocycles. The molecule has 2 N–H and O–H groups in total. The molecule has 0 aromatic rings. The summed E-state index contributed by atoms with van der Waals surface area (Å²) < 4.78 is 88.4. The van der Waals surface area contributed by atoms with Crippen LogP contribution in [0.4, 0.5) is 26.3 Å². The summed E-state index contributed by atoms with van der Waals surface area (Å²) in [6, 6.07) is 0. The molecule has 0 aromatic heterocycles. The first kappa shape index (κ1) is 18.2. The van der Waals surface area contributed by atoms with Gasteiger partial charge in [0, 0.05) is 7.11 Å². The van der Waals surface area contributed by atoms with Crippen LogP contribution in [0.2, 0.25) is 0 Å². The van der Waals surface area contributed by atoms with E-state index in [1.54, 1.807) is 0 Å². The fourth-order valence-corrected chi connectivity index (χ4v) is 2.72. The lowest BCUT2D eigenvalue weighted by molar-refractivity contribution is -0.183. The van der Waals surface area contributed by atoms with Crippen LogP contribution in [0.5, 0.6) is 0 Å². The van der Waals surface area contributed by atoms with Gasteiger partial charge in [-0.1, -0.05) is 0 Å². The van der Waals surface area contributed by atoms with E-state index in [9.17, 15) is 35.7 Å². The van der Waals surface area contributed by atoms with Gasteiger partial charge in [-0.2, -0.15) is 26.3 Å². The molecule has 1 atom stereocenters. The van der Waals surface area contributed by atoms with Crippen LogP contribution in [-0.2, 0) is 13.9 Å². The third-order valence-electron chi connectivity index (χ3n) is 2.17. The molecular weight excluding hydrogens is 309 g/mol. The standard InChI is InChI=1S/C7H9F6O5P/c1-18-19(16,17)5(4(14)15,2-6(8,9)10)3-7(11,12)13/h2-3H2,1H3,(H,14,15)(H,16,17). The maximum absolute atomic E-state index is 12.2. The molecule has 0 radical (unpaired) electrons. The van der Waals surface area contributed by atoms with Crippen LogP contribution in [0.3, 0.4) is 0 Å². The smallest absolute Gasteiger partial charge is 0.390 e. The molecule has 0 aliphatic rings. The fraction of sp³-hybridized carbons (Fsp3) is 0.857. The minimum absolute atomic E-state index is 0.352. The van der Waals surface area contributed by atoms with Gasteiger partial charge >= 0.3 is 25.9 Å². The Kier molecular flexibility index (Phi) is 5.07. The van der Waals surface area contributed by atoms with E-state index in [1.165, 1.54) is 0 Å². The van der Waals surface area contributed by atoms with Crippen molar-refractivity contribution in [3.05, 3.63) is 0 Å². The van der Waals surface area contributed by atoms with Gasteiger partial charge in [0.15, 0.2) is 5.16 Å². The van der Waals surface area contributed by atoms with Crippen LogP contribution in [0, 0.1) is 0 Å². The lowest BCUT2D eigenvalue weighted by atomic mass is 9.99. The zero-order valence-electron chi connectivity index (χ0n) is 9.25. The third kappa shape index (κ3) is 4.66. The zero-order chi connectivity index (χ0) is 15.7. The van der Waals surface area contributed by atoms with Crippen LogP contribution in [-0.4, -0.2) is 40.6 Å². The average Bonchev–Trinajstić information content (AvgIpc) is 2.11. The molecule has 114 valence electrons. The second-order valence-corrected chi connectivity index (χ2v) is 5.89. The second-order valence-electron chi connectivity index (χ2n) is 3.62. The summed E-state index contributed by atoms with van der Waals surface area (Å²) in [6.45, 7) is 0. The number of aliphatic carboxylic acids is 1. The number of hydrogen-bond acceptors (Lipinski definition) is 3. The van der Waals surface area contributed by atoms with E-state index < -0.39 is 43.9 Å². The summed E-state index contributed by atoms with van der Waals surface area (Å²) >= 11 is 0. The molecule has 5 nitrogen and oxygen atoms in total. The van der Waals surface area contributed by atoms with Gasteiger partial charge in [-0.25, -0.2) is 0 Å². The van der Waals surface area contributed by atoms with Crippen molar-refractivity contribution in [2.75, 3.05) is 7.11 Å². The molecule has 0 spiro atoms. The molecule has 0 saturated carbocycles. The van der Waals surface area contributed by atoms with Crippen LogP contribution >= 0.6 is 7.60 Å². The second kappa shape index (κ2) is 5.29. The Hall–Kier alpha value is -0.800. The SMILES string of the molecule is COP(=O)(O)C(CC(F)(F)F)(CC(F)(F)F)C(=O)O. The highest BCUT2D eigenvalue weighted by Gasteiger charge is 2.64. The molecule has 0 bridgehead atoms. The quantitative estimate of drug-likeness (QED) is 0.601. The summed E-state index contributed by atoms with van der Waals surface area (Å²) in [5, 5.41) is 4.58. The lowest BCUT2D eigenvalue weighted by Gasteiger charge is -2.33. The van der Waals surface area contributed by atoms with Gasteiger partial charge in [0.2, 0.25) is 0 Å². The maximum atomic E-state index is 12.2. The van der Waals surface area contributed by atoms with E-state index in [4.69, 9.17) is 10.00 Å². The van der Waals surface area contributed by atoms with E-state index in [1.807, 2.05) is 0 Å². The van der Waals surface area contributed by atoms with Gasteiger partial charge in [-0.3, -0.25) is 9.36 Å². The summed E-state index contributed by atoms with van der Waals surface area (Å²) in [6.07, 6.45) is -16.1. The van der Waals surface area contributed by atoms with Crippen molar-refractivity contribution < 1.29 is 50.2 Å². The first-order valence-electron chi connectivity index (χ1n) is 4.42. The Morgan fingerprint density at radius 3 is 1.58 bits per heavy atom. The Morgan fingerprint density at radius 2 is 1.42 bits per heavy atom. The van der Waals surface area contributed by atoms with E-state index in [0.717, 1.165) is 0 Å². The number of rotatable bonds is 5. The van der Waals surface area contributed by atoms with Crippen LogP contribution < -0.4 is 0 Å². The molecule has 0 aliphatic heterocycles. The highest BCUT2D eigenvalue weighted by molar-refractivity contribution is 7.55. The van der Waals surface area contributed by atoms with E-state index in [2.05, 4.69) is 4.52 Å². The van der Waals surface area contributed by atoms with Crippen molar-refractivity contribution in [3.63, 3.8) is 0 Å². The average molecular weight is 318 g/mol. The number of carboxylic acid groups (broad SMARTS) is 1. The van der Waals surface area contributed by atoms with Crippen LogP contribution in [0.15, 0.2) is 0 Å². The van der Waals surface area contributed by atoms with Gasteiger partial charge in [0.25, 0.3) is 0 Å². The van der Waals surface area contributed by atoms with E-state index >= 15 is 0 Å². The van der Waals surface area contributed by atoms with Crippen molar-refractivity contribution in [2.24, 2.45) is 0 Å². The third-order valence-corrected chi connectivity index (χ3v) is 4.26. The number of hydrogen-bond donors (Lipinski definition) is 2. The molecule has 0 amide bonds. The van der Waals surface area contributed by atoms with Crippen LogP contribution in [0.25, 0.3) is 0 Å². The Morgan fingerprint density at radius 1 is 1.11 bits per heavy atom. The Bertz CT molecular complexity index is 372. The summed E-state index contributed by atoms with van der Waals surface area (Å²) in [5.41, 5.74) is 0. The van der Waals surface area contributed by atoms with E-state index in [0.29, 0.717) is 7.11 Å². The largest absolute Gasteiger partial charge is 0.480 e. The Labute approximate surface area is 102 Å². The predicted octanol–water partition coefficient (Wildman–Crippen LogP) is 2.55. The first-order valence-corrected chi connectivity index (χ1v) is 6.00. The van der Waals surface area contributed by atoms with Gasteiger partial charge in [0.05, 0.1) is 12.8 Å².